The molecule has 0 saturated carbocycles. The minimum atomic E-state index is -0.796. The summed E-state index contributed by atoms with van der Waals surface area (Å²) in [6.45, 7) is 5.34. The molecule has 0 aliphatic heterocycles. The molecule has 0 amide bonds. The lowest BCUT2D eigenvalue weighted by Crippen LogP contribution is -2.44. The van der Waals surface area contributed by atoms with Crippen LogP contribution in [0.4, 0.5) is 0 Å². The molecule has 0 spiro atoms. The van der Waals surface area contributed by atoms with E-state index in [1.165, 1.54) is 77.0 Å². The predicted molar refractivity (Wildman–Crippen MR) is 98.8 cm³/mol. The number of hydrogen-bond donors (Lipinski definition) is 3. The molecule has 1 atom stereocenters. The van der Waals surface area contributed by atoms with Gasteiger partial charge >= 0.3 is 5.97 Å². The molecule has 0 fully saturated rings. The number of unbranched alkanes of at least 4 members (excludes halogenated alkanes) is 11. The number of nitrogens with one attached hydrogen (secondary N) is 2. The van der Waals surface area contributed by atoms with E-state index >= 15 is 0 Å². The SMILES string of the molecule is CCCCCCCCCCCCCCNC(CC)NCC(=O)O. The van der Waals surface area contributed by atoms with E-state index in [9.17, 15) is 4.79 Å². The predicted octanol–water partition coefficient (Wildman–Crippen LogP) is 4.69. The van der Waals surface area contributed by atoms with E-state index in [0.717, 1.165) is 13.0 Å². The fourth-order valence-electron chi connectivity index (χ4n) is 2.81. The molecule has 0 aromatic heterocycles. The van der Waals surface area contributed by atoms with Crippen LogP contribution in [0, 0.1) is 0 Å². The normalized spacial score (nSPS) is 12.4. The molecule has 0 aliphatic carbocycles. The highest BCUT2D eigenvalue weighted by atomic mass is 16.4. The van der Waals surface area contributed by atoms with Gasteiger partial charge in [0.2, 0.25) is 0 Å². The molecule has 0 heterocycles. The minimum absolute atomic E-state index is 0.0317. The average Bonchev–Trinajstić information content (AvgIpc) is 2.54. The van der Waals surface area contributed by atoms with Gasteiger partial charge in [-0.25, -0.2) is 0 Å². The van der Waals surface area contributed by atoms with Gasteiger partial charge in [-0.2, -0.15) is 0 Å². The maximum atomic E-state index is 10.5. The van der Waals surface area contributed by atoms with E-state index in [1.807, 2.05) is 0 Å². The first kappa shape index (κ1) is 22.4. The van der Waals surface area contributed by atoms with Crippen molar-refractivity contribution in [1.29, 1.82) is 0 Å². The summed E-state index contributed by atoms with van der Waals surface area (Å²) < 4.78 is 0. The van der Waals surface area contributed by atoms with Crippen LogP contribution in [-0.4, -0.2) is 30.3 Å². The summed E-state index contributed by atoms with van der Waals surface area (Å²) in [5, 5.41) is 15.0. The largest absolute Gasteiger partial charge is 0.480 e. The minimum Gasteiger partial charge on any atom is -0.480 e. The third kappa shape index (κ3) is 17.6. The summed E-state index contributed by atoms with van der Waals surface area (Å²) in [7, 11) is 0. The first-order valence-corrected chi connectivity index (χ1v) is 9.89. The Balaban J connectivity index is 3.21. The molecular formula is C19H40N2O2. The highest BCUT2D eigenvalue weighted by Gasteiger charge is 2.05. The van der Waals surface area contributed by atoms with E-state index in [2.05, 4.69) is 24.5 Å². The molecule has 0 rings (SSSR count). The maximum Gasteiger partial charge on any atom is 0.317 e. The first-order chi connectivity index (χ1) is 11.2. The molecule has 23 heavy (non-hydrogen) atoms. The van der Waals surface area contributed by atoms with E-state index in [1.54, 1.807) is 0 Å². The van der Waals surface area contributed by atoms with Crippen LogP contribution in [0.5, 0.6) is 0 Å². The molecule has 138 valence electrons. The summed E-state index contributed by atoms with van der Waals surface area (Å²) in [6, 6.07) is 0. The van der Waals surface area contributed by atoms with Crippen LogP contribution in [0.25, 0.3) is 0 Å². The Labute approximate surface area is 143 Å². The fourth-order valence-corrected chi connectivity index (χ4v) is 2.81. The average molecular weight is 329 g/mol. The molecule has 1 unspecified atom stereocenters. The van der Waals surface area contributed by atoms with Crippen molar-refractivity contribution in [2.24, 2.45) is 0 Å². The van der Waals surface area contributed by atoms with Crippen molar-refractivity contribution < 1.29 is 9.90 Å². The lowest BCUT2D eigenvalue weighted by Gasteiger charge is -2.17. The number of aliphatic carboxylic acids is 1. The Hall–Kier alpha value is -0.610. The Kier molecular flexibility index (Phi) is 17.3. The number of carbonyl (C=O) groups is 1. The zero-order valence-corrected chi connectivity index (χ0v) is 15.5. The summed E-state index contributed by atoms with van der Waals surface area (Å²) >= 11 is 0. The summed E-state index contributed by atoms with van der Waals surface area (Å²) in [5.41, 5.74) is 0. The van der Waals surface area contributed by atoms with Crippen LogP contribution in [0.1, 0.15) is 97.3 Å². The first-order valence-electron chi connectivity index (χ1n) is 9.89. The van der Waals surface area contributed by atoms with Crippen molar-refractivity contribution >= 4 is 5.97 Å². The summed E-state index contributed by atoms with van der Waals surface area (Å²) in [6.07, 6.45) is 17.4. The third-order valence-electron chi connectivity index (χ3n) is 4.33. The lowest BCUT2D eigenvalue weighted by molar-refractivity contribution is -0.136. The van der Waals surface area contributed by atoms with Crippen LogP contribution in [-0.2, 0) is 4.79 Å². The van der Waals surface area contributed by atoms with Crippen molar-refractivity contribution in [3.05, 3.63) is 0 Å². The molecular weight excluding hydrogens is 288 g/mol. The van der Waals surface area contributed by atoms with Gasteiger partial charge in [-0.3, -0.25) is 10.1 Å². The van der Waals surface area contributed by atoms with Gasteiger partial charge in [-0.15, -0.1) is 0 Å². The van der Waals surface area contributed by atoms with E-state index in [-0.39, 0.29) is 12.7 Å². The van der Waals surface area contributed by atoms with Gasteiger partial charge in [0.1, 0.15) is 0 Å². The molecule has 0 saturated heterocycles. The molecule has 0 radical (unpaired) electrons. The smallest absolute Gasteiger partial charge is 0.317 e. The quantitative estimate of drug-likeness (QED) is 0.252. The number of hydrogen-bond acceptors (Lipinski definition) is 3. The van der Waals surface area contributed by atoms with Gasteiger partial charge in [0.15, 0.2) is 0 Å². The van der Waals surface area contributed by atoms with Crippen molar-refractivity contribution in [3.8, 4) is 0 Å². The number of carboxylic acids is 1. The van der Waals surface area contributed by atoms with E-state index in [4.69, 9.17) is 5.11 Å². The zero-order chi connectivity index (χ0) is 17.2. The Morgan fingerprint density at radius 3 is 1.70 bits per heavy atom. The van der Waals surface area contributed by atoms with Gasteiger partial charge < -0.3 is 10.4 Å². The Morgan fingerprint density at radius 1 is 0.783 bits per heavy atom. The van der Waals surface area contributed by atoms with E-state index < -0.39 is 5.97 Å². The second-order valence-corrected chi connectivity index (χ2v) is 6.58. The molecule has 3 N–H and O–H groups in total. The van der Waals surface area contributed by atoms with Gasteiger partial charge in [0, 0.05) is 0 Å². The lowest BCUT2D eigenvalue weighted by atomic mass is 10.1. The standard InChI is InChI=1S/C19H40N2O2/c1-3-5-6-7-8-9-10-11-12-13-14-15-16-20-18(4-2)21-17-19(22)23/h18,20-21H,3-17H2,1-2H3,(H,22,23). The molecule has 0 aromatic rings. The van der Waals surface area contributed by atoms with Crippen molar-refractivity contribution in [2.45, 2.75) is 103 Å². The van der Waals surface area contributed by atoms with E-state index in [0.29, 0.717) is 0 Å². The van der Waals surface area contributed by atoms with Gasteiger partial charge in [-0.05, 0) is 19.4 Å². The van der Waals surface area contributed by atoms with Crippen molar-refractivity contribution in [1.82, 2.24) is 10.6 Å². The van der Waals surface area contributed by atoms with Crippen LogP contribution in [0.3, 0.4) is 0 Å². The maximum absolute atomic E-state index is 10.5. The zero-order valence-electron chi connectivity index (χ0n) is 15.5. The molecule has 0 aromatic carbocycles. The molecule has 0 aliphatic rings. The highest BCUT2D eigenvalue weighted by molar-refractivity contribution is 5.69. The van der Waals surface area contributed by atoms with Crippen LogP contribution < -0.4 is 10.6 Å². The Morgan fingerprint density at radius 2 is 1.26 bits per heavy atom. The number of rotatable bonds is 18. The third-order valence-corrected chi connectivity index (χ3v) is 4.33. The second-order valence-electron chi connectivity index (χ2n) is 6.58. The van der Waals surface area contributed by atoms with Crippen LogP contribution in [0.2, 0.25) is 0 Å². The highest BCUT2D eigenvalue weighted by Crippen LogP contribution is 2.11. The fraction of sp³-hybridized carbons (Fsp3) is 0.947. The monoisotopic (exact) mass is 328 g/mol. The van der Waals surface area contributed by atoms with Gasteiger partial charge in [0.25, 0.3) is 0 Å². The second kappa shape index (κ2) is 17.7. The van der Waals surface area contributed by atoms with Crippen LogP contribution >= 0.6 is 0 Å². The topological polar surface area (TPSA) is 61.4 Å². The number of carboxylic acid groups (broad SMARTS) is 1. The molecule has 4 nitrogen and oxygen atoms in total. The summed E-state index contributed by atoms with van der Waals surface area (Å²) in [5.74, 6) is -0.796. The molecule has 0 bridgehead atoms. The van der Waals surface area contributed by atoms with Crippen molar-refractivity contribution in [2.75, 3.05) is 13.1 Å². The molecule has 4 heteroatoms. The van der Waals surface area contributed by atoms with Crippen LogP contribution in [0.15, 0.2) is 0 Å². The Bertz CT molecular complexity index is 260. The summed E-state index contributed by atoms with van der Waals surface area (Å²) in [4.78, 5) is 10.5. The van der Waals surface area contributed by atoms with Gasteiger partial charge in [-0.1, -0.05) is 84.5 Å². The van der Waals surface area contributed by atoms with Gasteiger partial charge in [0.05, 0.1) is 12.7 Å². The van der Waals surface area contributed by atoms with Crippen molar-refractivity contribution in [3.63, 3.8) is 0 Å².